The molecule has 1 saturated heterocycles. The Balaban J connectivity index is 1.24. The molecule has 0 spiro atoms. The molecule has 0 aliphatic carbocycles. The van der Waals surface area contributed by atoms with Crippen molar-refractivity contribution in [2.45, 2.75) is 26.3 Å². The highest BCUT2D eigenvalue weighted by atomic mass is 16.5. The predicted octanol–water partition coefficient (Wildman–Crippen LogP) is 3.83. The molecule has 6 nitrogen and oxygen atoms in total. The minimum absolute atomic E-state index is 0.0987. The molecule has 1 amide bonds. The van der Waals surface area contributed by atoms with Crippen LogP contribution in [0.15, 0.2) is 60.7 Å². The number of rotatable bonds is 7. The summed E-state index contributed by atoms with van der Waals surface area (Å²) in [5.74, 6) is 1.30. The molecule has 0 radical (unpaired) electrons. The number of aryl methyl sites for hydroxylation is 1. The molecular formula is C25H30N4O2. The first-order chi connectivity index (χ1) is 15.1. The minimum atomic E-state index is -0.0987. The zero-order chi connectivity index (χ0) is 21.6. The van der Waals surface area contributed by atoms with Crippen molar-refractivity contribution in [2.75, 3.05) is 26.7 Å². The molecule has 3 aromatic rings. The van der Waals surface area contributed by atoms with E-state index in [1.165, 1.54) is 5.56 Å². The van der Waals surface area contributed by atoms with Gasteiger partial charge in [0.05, 0.1) is 12.8 Å². The maximum atomic E-state index is 12.6. The highest BCUT2D eigenvalue weighted by Crippen LogP contribution is 2.20. The first-order valence-corrected chi connectivity index (χ1v) is 10.9. The fourth-order valence-corrected chi connectivity index (χ4v) is 4.08. The van der Waals surface area contributed by atoms with Crippen LogP contribution in [0.2, 0.25) is 0 Å². The number of methoxy groups -OCH3 is 1. The van der Waals surface area contributed by atoms with Gasteiger partial charge in [0.15, 0.2) is 5.69 Å². The summed E-state index contributed by atoms with van der Waals surface area (Å²) >= 11 is 0. The van der Waals surface area contributed by atoms with E-state index in [1.807, 2.05) is 60.1 Å². The van der Waals surface area contributed by atoms with E-state index in [4.69, 9.17) is 4.74 Å². The fraction of sp³-hybridized carbons (Fsp3) is 0.360. The molecular weight excluding hydrogens is 388 g/mol. The van der Waals surface area contributed by atoms with Crippen LogP contribution in [0.3, 0.4) is 0 Å². The van der Waals surface area contributed by atoms with Crippen molar-refractivity contribution < 1.29 is 9.53 Å². The Hall–Kier alpha value is -3.12. The number of nitrogens with one attached hydrogen (secondary N) is 1. The van der Waals surface area contributed by atoms with Crippen LogP contribution in [0.1, 0.15) is 34.6 Å². The monoisotopic (exact) mass is 418 g/mol. The number of likely N-dealkylation sites (tertiary alicyclic amines) is 1. The number of aromatic nitrogens is 2. The maximum Gasteiger partial charge on any atom is 0.271 e. The molecule has 162 valence electrons. The lowest BCUT2D eigenvalue weighted by Gasteiger charge is -2.32. The van der Waals surface area contributed by atoms with Crippen LogP contribution in [0.5, 0.6) is 5.75 Å². The third kappa shape index (κ3) is 5.33. The number of benzene rings is 2. The maximum absolute atomic E-state index is 12.6. The summed E-state index contributed by atoms with van der Waals surface area (Å²) in [5.41, 5.74) is 3.68. The molecule has 4 rings (SSSR count). The lowest BCUT2D eigenvalue weighted by molar-refractivity contribution is 0.0930. The number of para-hydroxylation sites is 1. The van der Waals surface area contributed by atoms with Crippen molar-refractivity contribution in [3.63, 3.8) is 0 Å². The third-order valence-electron chi connectivity index (χ3n) is 5.94. The van der Waals surface area contributed by atoms with Gasteiger partial charge in [-0.2, -0.15) is 5.10 Å². The van der Waals surface area contributed by atoms with Crippen LogP contribution in [0.4, 0.5) is 0 Å². The average molecular weight is 419 g/mol. The van der Waals surface area contributed by atoms with Crippen LogP contribution in [0.25, 0.3) is 5.69 Å². The summed E-state index contributed by atoms with van der Waals surface area (Å²) in [6.45, 7) is 5.73. The van der Waals surface area contributed by atoms with Crippen molar-refractivity contribution >= 4 is 5.91 Å². The largest absolute Gasteiger partial charge is 0.497 e. The summed E-state index contributed by atoms with van der Waals surface area (Å²) in [5, 5.41) is 7.59. The smallest absolute Gasteiger partial charge is 0.271 e. The van der Waals surface area contributed by atoms with Crippen LogP contribution in [0, 0.1) is 12.8 Å². The van der Waals surface area contributed by atoms with Crippen molar-refractivity contribution in [3.05, 3.63) is 77.6 Å². The zero-order valence-electron chi connectivity index (χ0n) is 18.3. The molecule has 1 fully saturated rings. The van der Waals surface area contributed by atoms with Crippen molar-refractivity contribution in [3.8, 4) is 11.4 Å². The van der Waals surface area contributed by atoms with Gasteiger partial charge in [0, 0.05) is 18.8 Å². The summed E-state index contributed by atoms with van der Waals surface area (Å²) < 4.78 is 7.04. The van der Waals surface area contributed by atoms with Gasteiger partial charge in [-0.3, -0.25) is 9.69 Å². The van der Waals surface area contributed by atoms with Gasteiger partial charge < -0.3 is 10.1 Å². The van der Waals surface area contributed by atoms with Gasteiger partial charge in [-0.25, -0.2) is 4.68 Å². The molecule has 1 aliphatic rings. The van der Waals surface area contributed by atoms with Gasteiger partial charge in [0.25, 0.3) is 5.91 Å². The summed E-state index contributed by atoms with van der Waals surface area (Å²) in [7, 11) is 1.69. The molecule has 6 heteroatoms. The first-order valence-electron chi connectivity index (χ1n) is 10.9. The minimum Gasteiger partial charge on any atom is -0.497 e. The Morgan fingerprint density at radius 1 is 1.10 bits per heavy atom. The Kier molecular flexibility index (Phi) is 6.67. The first kappa shape index (κ1) is 21.1. The SMILES string of the molecule is COc1ccc(CN2CCC(CNC(=O)c3cc(C)n(-c4ccccc4)n3)CC2)cc1. The predicted molar refractivity (Wildman–Crippen MR) is 122 cm³/mol. The normalized spacial score (nSPS) is 15.0. The van der Waals surface area contributed by atoms with E-state index in [0.29, 0.717) is 18.2 Å². The molecule has 1 aliphatic heterocycles. The molecule has 2 aromatic carbocycles. The number of hydrogen-bond donors (Lipinski definition) is 1. The standard InChI is InChI=1S/C25H30N4O2/c1-19-16-24(27-29(19)22-6-4-3-5-7-22)25(30)26-17-20-12-14-28(15-13-20)18-21-8-10-23(31-2)11-9-21/h3-11,16,20H,12-15,17-18H2,1-2H3,(H,26,30). The van der Waals surface area contributed by atoms with E-state index in [9.17, 15) is 4.79 Å². The lowest BCUT2D eigenvalue weighted by Crippen LogP contribution is -2.38. The topological polar surface area (TPSA) is 59.4 Å². The Bertz CT molecular complexity index is 990. The summed E-state index contributed by atoms with van der Waals surface area (Å²) in [4.78, 5) is 15.1. The van der Waals surface area contributed by atoms with Crippen molar-refractivity contribution in [1.29, 1.82) is 0 Å². The van der Waals surface area contributed by atoms with Crippen LogP contribution < -0.4 is 10.1 Å². The third-order valence-corrected chi connectivity index (χ3v) is 5.94. The number of ether oxygens (including phenoxy) is 1. The van der Waals surface area contributed by atoms with Gasteiger partial charge in [0.1, 0.15) is 5.75 Å². The second-order valence-corrected chi connectivity index (χ2v) is 8.20. The molecule has 31 heavy (non-hydrogen) atoms. The van der Waals surface area contributed by atoms with Gasteiger partial charge in [-0.15, -0.1) is 0 Å². The molecule has 0 bridgehead atoms. The average Bonchev–Trinajstić information content (AvgIpc) is 3.21. The number of nitrogens with zero attached hydrogens (tertiary/aromatic N) is 3. The number of hydrogen-bond acceptors (Lipinski definition) is 4. The molecule has 0 saturated carbocycles. The number of carbonyl (C=O) groups excluding carboxylic acids is 1. The second-order valence-electron chi connectivity index (χ2n) is 8.20. The van der Waals surface area contributed by atoms with E-state index in [0.717, 1.165) is 49.6 Å². The van der Waals surface area contributed by atoms with Gasteiger partial charge >= 0.3 is 0 Å². The quantitative estimate of drug-likeness (QED) is 0.634. The summed E-state index contributed by atoms with van der Waals surface area (Å²) in [6.07, 6.45) is 2.18. The zero-order valence-corrected chi connectivity index (χ0v) is 18.3. The molecule has 0 unspecified atom stereocenters. The molecule has 2 heterocycles. The van der Waals surface area contributed by atoms with E-state index in [2.05, 4.69) is 27.4 Å². The fourth-order valence-electron chi connectivity index (χ4n) is 4.08. The van der Waals surface area contributed by atoms with E-state index in [1.54, 1.807) is 7.11 Å². The number of piperidine rings is 1. The second kappa shape index (κ2) is 9.79. The lowest BCUT2D eigenvalue weighted by atomic mass is 9.96. The van der Waals surface area contributed by atoms with Crippen molar-refractivity contribution in [1.82, 2.24) is 20.0 Å². The Morgan fingerprint density at radius 2 is 1.81 bits per heavy atom. The molecule has 0 atom stereocenters. The van der Waals surface area contributed by atoms with Gasteiger partial charge in [0.2, 0.25) is 0 Å². The highest BCUT2D eigenvalue weighted by Gasteiger charge is 2.21. The Labute approximate surface area is 183 Å². The number of carbonyl (C=O) groups is 1. The van der Waals surface area contributed by atoms with E-state index >= 15 is 0 Å². The van der Waals surface area contributed by atoms with E-state index in [-0.39, 0.29) is 5.91 Å². The molecule has 1 N–H and O–H groups in total. The molecule has 1 aromatic heterocycles. The van der Waals surface area contributed by atoms with Crippen molar-refractivity contribution in [2.24, 2.45) is 5.92 Å². The van der Waals surface area contributed by atoms with Crippen LogP contribution in [-0.4, -0.2) is 47.3 Å². The Morgan fingerprint density at radius 3 is 2.48 bits per heavy atom. The van der Waals surface area contributed by atoms with Gasteiger partial charge in [-0.05, 0) is 74.7 Å². The van der Waals surface area contributed by atoms with Crippen LogP contribution in [-0.2, 0) is 6.54 Å². The highest BCUT2D eigenvalue weighted by molar-refractivity contribution is 5.92. The number of amides is 1. The summed E-state index contributed by atoms with van der Waals surface area (Å²) in [6, 6.07) is 20.0. The van der Waals surface area contributed by atoms with E-state index < -0.39 is 0 Å². The van der Waals surface area contributed by atoms with Gasteiger partial charge in [-0.1, -0.05) is 30.3 Å². The van der Waals surface area contributed by atoms with Crippen LogP contribution >= 0.6 is 0 Å².